The number of sulfonamides is 1. The van der Waals surface area contributed by atoms with Gasteiger partial charge in [0.1, 0.15) is 11.6 Å². The number of ether oxygens (including phenoxy) is 1. The summed E-state index contributed by atoms with van der Waals surface area (Å²) in [5.41, 5.74) is 7.66. The summed E-state index contributed by atoms with van der Waals surface area (Å²) in [5.74, 6) is -1.01. The maximum absolute atomic E-state index is 11.8. The van der Waals surface area contributed by atoms with Crippen molar-refractivity contribution < 1.29 is 23.1 Å². The van der Waals surface area contributed by atoms with Crippen molar-refractivity contribution in [3.05, 3.63) is 48.0 Å². The maximum atomic E-state index is 11.8. The van der Waals surface area contributed by atoms with Crippen molar-refractivity contribution >= 4 is 27.5 Å². The van der Waals surface area contributed by atoms with Gasteiger partial charge in [-0.15, -0.1) is 0 Å². The van der Waals surface area contributed by atoms with Gasteiger partial charge in [0.15, 0.2) is 6.10 Å². The summed E-state index contributed by atoms with van der Waals surface area (Å²) in [5, 5.41) is 16.9. The molecule has 2 aromatic rings. The smallest absolute Gasteiger partial charge is 0.344 e. The lowest BCUT2D eigenvalue weighted by Crippen LogP contribution is -2.27. The molecule has 0 aliphatic carbocycles. The first-order chi connectivity index (χ1) is 13.6. The normalized spacial score (nSPS) is 12.2. The fourth-order valence-electron chi connectivity index (χ4n) is 2.71. The Balaban J connectivity index is 2.41. The fourth-order valence-corrected chi connectivity index (χ4v) is 3.27. The summed E-state index contributed by atoms with van der Waals surface area (Å²) in [7, 11) is -3.61. The Labute approximate surface area is 170 Å². The molecule has 8 nitrogen and oxygen atoms in total. The minimum Gasteiger partial charge on any atom is -0.479 e. The number of nitrogens with one attached hydrogen (secondary N) is 2. The van der Waals surface area contributed by atoms with Gasteiger partial charge in [-0.1, -0.05) is 43.7 Å². The van der Waals surface area contributed by atoms with E-state index >= 15 is 0 Å². The number of amidine groups is 1. The average molecular weight is 420 g/mol. The van der Waals surface area contributed by atoms with Gasteiger partial charge in [0.2, 0.25) is 10.0 Å². The SMILES string of the molecule is CCCCC(Oc1ccc(-c2ccc(C(=N)N)cc2)cc1NS(C)(=O)=O)C(=O)O. The van der Waals surface area contributed by atoms with Crippen molar-refractivity contribution in [3.8, 4) is 16.9 Å². The second kappa shape index (κ2) is 9.42. The zero-order valence-corrected chi connectivity index (χ0v) is 17.1. The number of rotatable bonds is 10. The number of nitrogens with two attached hydrogens (primary N) is 1. The molecular formula is C20H25N3O5S. The van der Waals surface area contributed by atoms with Gasteiger partial charge in [0, 0.05) is 5.56 Å². The number of carboxylic acids is 1. The summed E-state index contributed by atoms with van der Waals surface area (Å²) < 4.78 is 31.6. The Kier molecular flexibility index (Phi) is 7.22. The predicted octanol–water partition coefficient (Wildman–Crippen LogP) is 3.03. The zero-order chi connectivity index (χ0) is 21.6. The van der Waals surface area contributed by atoms with E-state index in [1.165, 1.54) is 0 Å². The zero-order valence-electron chi connectivity index (χ0n) is 16.3. The lowest BCUT2D eigenvalue weighted by Gasteiger charge is -2.19. The first-order valence-corrected chi connectivity index (χ1v) is 11.0. The lowest BCUT2D eigenvalue weighted by molar-refractivity contribution is -0.145. The van der Waals surface area contributed by atoms with Crippen molar-refractivity contribution in [3.63, 3.8) is 0 Å². The van der Waals surface area contributed by atoms with Gasteiger partial charge in [-0.3, -0.25) is 10.1 Å². The van der Waals surface area contributed by atoms with Crippen LogP contribution in [0, 0.1) is 5.41 Å². The molecule has 29 heavy (non-hydrogen) atoms. The Morgan fingerprint density at radius 2 is 1.83 bits per heavy atom. The van der Waals surface area contributed by atoms with Crippen LogP contribution in [0.25, 0.3) is 11.1 Å². The fraction of sp³-hybridized carbons (Fsp3) is 0.300. The van der Waals surface area contributed by atoms with E-state index in [1.54, 1.807) is 42.5 Å². The van der Waals surface area contributed by atoms with Gasteiger partial charge in [-0.2, -0.15) is 0 Å². The van der Waals surface area contributed by atoms with Crippen LogP contribution in [0.2, 0.25) is 0 Å². The largest absolute Gasteiger partial charge is 0.479 e. The van der Waals surface area contributed by atoms with Crippen LogP contribution in [0.3, 0.4) is 0 Å². The van der Waals surface area contributed by atoms with E-state index in [1.807, 2.05) is 6.92 Å². The van der Waals surface area contributed by atoms with E-state index < -0.39 is 22.1 Å². The monoisotopic (exact) mass is 419 g/mol. The Hall–Kier alpha value is -3.07. The summed E-state index contributed by atoms with van der Waals surface area (Å²) in [6, 6.07) is 11.7. The van der Waals surface area contributed by atoms with Crippen LogP contribution in [0.15, 0.2) is 42.5 Å². The number of unbranched alkanes of at least 4 members (excludes halogenated alkanes) is 1. The van der Waals surface area contributed by atoms with Crippen LogP contribution in [-0.4, -0.2) is 37.7 Å². The molecule has 2 rings (SSSR count). The molecule has 0 aromatic heterocycles. The van der Waals surface area contributed by atoms with Crippen molar-refractivity contribution in [1.82, 2.24) is 0 Å². The van der Waals surface area contributed by atoms with E-state index in [0.29, 0.717) is 24.0 Å². The highest BCUT2D eigenvalue weighted by Crippen LogP contribution is 2.32. The summed E-state index contributed by atoms with van der Waals surface area (Å²) in [6.45, 7) is 1.95. The standard InChI is InChI=1S/C20H25N3O5S/c1-3-4-5-18(20(24)25)28-17-11-10-15(12-16(17)23-29(2,26)27)13-6-8-14(9-7-13)19(21)22/h6-12,18,23H,3-5H2,1-2H3,(H3,21,22)(H,24,25). The van der Waals surface area contributed by atoms with Crippen LogP contribution < -0.4 is 15.2 Å². The van der Waals surface area contributed by atoms with Gasteiger partial charge in [0.05, 0.1) is 11.9 Å². The van der Waals surface area contributed by atoms with Gasteiger partial charge < -0.3 is 15.6 Å². The van der Waals surface area contributed by atoms with E-state index in [0.717, 1.165) is 18.2 Å². The minimum atomic E-state index is -3.61. The molecule has 0 heterocycles. The van der Waals surface area contributed by atoms with Crippen molar-refractivity contribution in [2.24, 2.45) is 5.73 Å². The highest BCUT2D eigenvalue weighted by Gasteiger charge is 2.21. The Bertz CT molecular complexity index is 988. The number of benzene rings is 2. The van der Waals surface area contributed by atoms with Crippen molar-refractivity contribution in [1.29, 1.82) is 5.41 Å². The topological polar surface area (TPSA) is 143 Å². The average Bonchev–Trinajstić information content (AvgIpc) is 2.64. The highest BCUT2D eigenvalue weighted by molar-refractivity contribution is 7.92. The third kappa shape index (κ3) is 6.49. The molecule has 5 N–H and O–H groups in total. The summed E-state index contributed by atoms with van der Waals surface area (Å²) >= 11 is 0. The number of hydrogen-bond donors (Lipinski definition) is 4. The third-order valence-corrected chi connectivity index (χ3v) is 4.76. The van der Waals surface area contributed by atoms with Crippen molar-refractivity contribution in [2.75, 3.05) is 11.0 Å². The number of nitrogen functional groups attached to an aromatic ring is 1. The number of hydrogen-bond acceptors (Lipinski definition) is 5. The molecule has 0 bridgehead atoms. The Morgan fingerprint density at radius 3 is 2.34 bits per heavy atom. The molecule has 9 heteroatoms. The summed E-state index contributed by atoms with van der Waals surface area (Å²) in [4.78, 5) is 11.5. The molecule has 0 saturated carbocycles. The minimum absolute atomic E-state index is 0.0495. The number of anilines is 1. The van der Waals surface area contributed by atoms with Crippen LogP contribution in [0.5, 0.6) is 5.75 Å². The predicted molar refractivity (Wildman–Crippen MR) is 113 cm³/mol. The molecule has 0 fully saturated rings. The van der Waals surface area contributed by atoms with Crippen LogP contribution in [-0.2, 0) is 14.8 Å². The van der Waals surface area contributed by atoms with Gasteiger partial charge in [-0.25, -0.2) is 13.2 Å². The maximum Gasteiger partial charge on any atom is 0.344 e. The lowest BCUT2D eigenvalue weighted by atomic mass is 10.0. The highest BCUT2D eigenvalue weighted by atomic mass is 32.2. The first-order valence-electron chi connectivity index (χ1n) is 9.07. The third-order valence-electron chi connectivity index (χ3n) is 4.17. The molecular weight excluding hydrogens is 394 g/mol. The second-order valence-electron chi connectivity index (χ2n) is 6.66. The molecule has 156 valence electrons. The molecule has 0 saturated heterocycles. The van der Waals surface area contributed by atoms with Gasteiger partial charge in [0.25, 0.3) is 0 Å². The van der Waals surface area contributed by atoms with Crippen LogP contribution >= 0.6 is 0 Å². The number of carbonyl (C=O) groups is 1. The van der Waals surface area contributed by atoms with Crippen LogP contribution in [0.4, 0.5) is 5.69 Å². The van der Waals surface area contributed by atoms with Gasteiger partial charge >= 0.3 is 5.97 Å². The van der Waals surface area contributed by atoms with E-state index in [-0.39, 0.29) is 17.3 Å². The second-order valence-corrected chi connectivity index (χ2v) is 8.41. The molecule has 0 radical (unpaired) electrons. The van der Waals surface area contributed by atoms with Crippen LogP contribution in [0.1, 0.15) is 31.7 Å². The molecule has 2 aromatic carbocycles. The van der Waals surface area contributed by atoms with Crippen molar-refractivity contribution in [2.45, 2.75) is 32.3 Å². The molecule has 1 atom stereocenters. The number of aliphatic carboxylic acids is 1. The van der Waals surface area contributed by atoms with E-state index in [4.69, 9.17) is 15.9 Å². The molecule has 0 spiro atoms. The van der Waals surface area contributed by atoms with E-state index in [2.05, 4.69) is 4.72 Å². The molecule has 1 unspecified atom stereocenters. The molecule has 0 aliphatic rings. The number of carboxylic acid groups (broad SMARTS) is 1. The van der Waals surface area contributed by atoms with Gasteiger partial charge in [-0.05, 0) is 36.1 Å². The first kappa shape index (κ1) is 22.2. The van der Waals surface area contributed by atoms with E-state index in [9.17, 15) is 18.3 Å². The molecule has 0 aliphatic heterocycles. The molecule has 0 amide bonds. The quantitative estimate of drug-likeness (QED) is 0.344. The summed E-state index contributed by atoms with van der Waals surface area (Å²) in [6.07, 6.45) is 1.74. The Morgan fingerprint density at radius 1 is 1.21 bits per heavy atom.